The fourth-order valence-corrected chi connectivity index (χ4v) is 4.15. The summed E-state index contributed by atoms with van der Waals surface area (Å²) in [6, 6.07) is 11.3. The molecule has 0 radical (unpaired) electrons. The molecular formula is C23H27ClN4O3. The number of benzene rings is 2. The summed E-state index contributed by atoms with van der Waals surface area (Å²) in [6.07, 6.45) is 1.84. The average molecular weight is 443 g/mol. The number of amides is 2. The molecule has 0 aromatic heterocycles. The summed E-state index contributed by atoms with van der Waals surface area (Å²) in [5, 5.41) is 5.31. The molecule has 0 spiro atoms. The van der Waals surface area contributed by atoms with Gasteiger partial charge in [-0.25, -0.2) is 4.79 Å². The number of nitrogens with zero attached hydrogens (tertiary/aromatic N) is 2. The largest absolute Gasteiger partial charge is 0.495 e. The lowest BCUT2D eigenvalue weighted by Crippen LogP contribution is -2.55. The minimum absolute atomic E-state index is 0.0822. The third-order valence-electron chi connectivity index (χ3n) is 5.53. The quantitative estimate of drug-likeness (QED) is 0.701. The SMILES string of the molecule is COc1ccc(NC(=O)N2Cc3ccccc3N3NC(C(C)(C)C)=CC23)c(OC)c1Cl. The number of halogens is 1. The van der Waals surface area contributed by atoms with E-state index in [9.17, 15) is 4.79 Å². The van der Waals surface area contributed by atoms with Gasteiger partial charge in [-0.1, -0.05) is 50.6 Å². The minimum atomic E-state index is -0.260. The Morgan fingerprint density at radius 3 is 2.58 bits per heavy atom. The van der Waals surface area contributed by atoms with Gasteiger partial charge in [0.2, 0.25) is 0 Å². The Hall–Kier alpha value is -3.06. The molecule has 0 fully saturated rings. The second-order valence-electron chi connectivity index (χ2n) is 8.58. The summed E-state index contributed by atoms with van der Waals surface area (Å²) >= 11 is 6.37. The molecule has 0 saturated heterocycles. The van der Waals surface area contributed by atoms with E-state index >= 15 is 0 Å². The summed E-state index contributed by atoms with van der Waals surface area (Å²) in [7, 11) is 3.04. The van der Waals surface area contributed by atoms with Crippen LogP contribution in [0, 0.1) is 5.41 Å². The molecule has 2 amide bonds. The van der Waals surface area contributed by atoms with Gasteiger partial charge in [0.05, 0.1) is 32.1 Å². The standard InChI is InChI=1S/C23H27ClN4O3/c1-23(2,3)18-12-19-27(13-14-8-6-7-9-16(14)28(19)26-18)22(29)25-15-10-11-17(30-4)20(24)21(15)31-5/h6-12,19,26H,13H2,1-5H3,(H,25,29). The van der Waals surface area contributed by atoms with Crippen molar-refractivity contribution >= 4 is 29.0 Å². The average Bonchev–Trinajstić information content (AvgIpc) is 3.20. The predicted octanol–water partition coefficient (Wildman–Crippen LogP) is 4.99. The van der Waals surface area contributed by atoms with E-state index in [1.54, 1.807) is 17.0 Å². The molecule has 0 saturated carbocycles. The van der Waals surface area contributed by atoms with Crippen LogP contribution in [0.4, 0.5) is 16.2 Å². The van der Waals surface area contributed by atoms with Crippen LogP contribution >= 0.6 is 11.6 Å². The number of hydrogen-bond acceptors (Lipinski definition) is 5. The number of ether oxygens (including phenoxy) is 2. The number of carbonyl (C=O) groups excluding carboxylic acids is 1. The molecule has 1 unspecified atom stereocenters. The number of nitrogens with one attached hydrogen (secondary N) is 2. The van der Waals surface area contributed by atoms with Crippen molar-refractivity contribution in [1.29, 1.82) is 0 Å². The van der Waals surface area contributed by atoms with Crippen LogP contribution in [-0.2, 0) is 6.54 Å². The third kappa shape index (κ3) is 3.74. The number of urea groups is 1. The second-order valence-corrected chi connectivity index (χ2v) is 8.95. The van der Waals surface area contributed by atoms with E-state index in [2.05, 4.69) is 43.7 Å². The molecule has 2 heterocycles. The van der Waals surface area contributed by atoms with Gasteiger partial charge in [-0.05, 0) is 29.8 Å². The van der Waals surface area contributed by atoms with E-state index < -0.39 is 0 Å². The fourth-order valence-electron chi connectivity index (χ4n) is 3.84. The van der Waals surface area contributed by atoms with E-state index in [0.29, 0.717) is 28.8 Å². The summed E-state index contributed by atoms with van der Waals surface area (Å²) in [4.78, 5) is 15.2. The maximum Gasteiger partial charge on any atom is 0.324 e. The van der Waals surface area contributed by atoms with Crippen LogP contribution in [0.5, 0.6) is 11.5 Å². The Kier molecular flexibility index (Phi) is 5.39. The molecule has 2 N–H and O–H groups in total. The van der Waals surface area contributed by atoms with Gasteiger partial charge in [-0.15, -0.1) is 0 Å². The molecule has 2 aliphatic rings. The number of carbonyl (C=O) groups is 1. The molecule has 2 aromatic rings. The van der Waals surface area contributed by atoms with Crippen LogP contribution in [0.3, 0.4) is 0 Å². The minimum Gasteiger partial charge on any atom is -0.495 e. The highest BCUT2D eigenvalue weighted by Crippen LogP contribution is 2.41. The van der Waals surface area contributed by atoms with Crippen molar-refractivity contribution in [2.75, 3.05) is 24.5 Å². The number of fused-ring (bicyclic) bond motifs is 3. The highest BCUT2D eigenvalue weighted by Gasteiger charge is 2.40. The Bertz CT molecular complexity index is 1050. The van der Waals surface area contributed by atoms with Crippen LogP contribution in [0.1, 0.15) is 26.3 Å². The molecule has 2 aliphatic heterocycles. The highest BCUT2D eigenvalue weighted by atomic mass is 35.5. The summed E-state index contributed by atoms with van der Waals surface area (Å²) in [5.41, 5.74) is 7.09. The molecule has 2 aromatic carbocycles. The van der Waals surface area contributed by atoms with Crippen molar-refractivity contribution in [3.63, 3.8) is 0 Å². The highest BCUT2D eigenvalue weighted by molar-refractivity contribution is 6.34. The van der Waals surface area contributed by atoms with Gasteiger partial charge in [0.1, 0.15) is 16.9 Å². The van der Waals surface area contributed by atoms with Crippen molar-refractivity contribution in [2.45, 2.75) is 33.5 Å². The Morgan fingerprint density at radius 2 is 1.90 bits per heavy atom. The maximum absolute atomic E-state index is 13.4. The third-order valence-corrected chi connectivity index (χ3v) is 5.89. The Balaban J connectivity index is 1.68. The van der Waals surface area contributed by atoms with Crippen LogP contribution in [0.25, 0.3) is 0 Å². The smallest absolute Gasteiger partial charge is 0.324 e. The van der Waals surface area contributed by atoms with Gasteiger partial charge in [-0.3, -0.25) is 15.3 Å². The summed E-state index contributed by atoms with van der Waals surface area (Å²) in [5.74, 6) is 0.839. The molecule has 164 valence electrons. The van der Waals surface area contributed by atoms with Crippen LogP contribution in [0.2, 0.25) is 5.02 Å². The number of hydrazine groups is 1. The first-order chi connectivity index (χ1) is 14.7. The van der Waals surface area contributed by atoms with Gasteiger partial charge >= 0.3 is 6.03 Å². The molecule has 0 aliphatic carbocycles. The van der Waals surface area contributed by atoms with E-state index in [0.717, 1.165) is 16.9 Å². The van der Waals surface area contributed by atoms with Crippen molar-refractivity contribution in [1.82, 2.24) is 10.3 Å². The zero-order chi connectivity index (χ0) is 22.3. The van der Waals surface area contributed by atoms with Gasteiger partial charge in [0.25, 0.3) is 0 Å². The monoisotopic (exact) mass is 442 g/mol. The van der Waals surface area contributed by atoms with Crippen molar-refractivity contribution < 1.29 is 14.3 Å². The van der Waals surface area contributed by atoms with Crippen LogP contribution in [0.15, 0.2) is 48.2 Å². The predicted molar refractivity (Wildman–Crippen MR) is 123 cm³/mol. The molecule has 8 heteroatoms. The summed E-state index contributed by atoms with van der Waals surface area (Å²) in [6.45, 7) is 6.91. The van der Waals surface area contributed by atoms with Gasteiger partial charge in [0.15, 0.2) is 5.75 Å². The Morgan fingerprint density at radius 1 is 1.16 bits per heavy atom. The normalized spacial score (nSPS) is 17.4. The number of para-hydroxylation sites is 1. The van der Waals surface area contributed by atoms with Crippen molar-refractivity contribution in [3.05, 3.63) is 58.8 Å². The van der Waals surface area contributed by atoms with Crippen LogP contribution < -0.4 is 25.2 Å². The molecular weight excluding hydrogens is 416 g/mol. The first-order valence-electron chi connectivity index (χ1n) is 10.1. The molecule has 7 nitrogen and oxygen atoms in total. The van der Waals surface area contributed by atoms with Crippen LogP contribution in [-0.4, -0.2) is 31.3 Å². The Labute approximate surface area is 187 Å². The van der Waals surface area contributed by atoms with Crippen molar-refractivity contribution in [2.24, 2.45) is 5.41 Å². The number of rotatable bonds is 3. The number of methoxy groups -OCH3 is 2. The zero-order valence-electron chi connectivity index (χ0n) is 18.3. The van der Waals surface area contributed by atoms with Gasteiger partial charge in [0, 0.05) is 11.1 Å². The topological polar surface area (TPSA) is 66.1 Å². The van der Waals surface area contributed by atoms with Crippen molar-refractivity contribution in [3.8, 4) is 11.5 Å². The number of hydrogen-bond donors (Lipinski definition) is 2. The first-order valence-corrected chi connectivity index (χ1v) is 10.5. The lowest BCUT2D eigenvalue weighted by Gasteiger charge is -2.41. The van der Waals surface area contributed by atoms with E-state index in [1.165, 1.54) is 14.2 Å². The number of anilines is 2. The molecule has 1 atom stereocenters. The molecule has 31 heavy (non-hydrogen) atoms. The fraction of sp³-hybridized carbons (Fsp3) is 0.348. The van der Waals surface area contributed by atoms with E-state index in [1.807, 2.05) is 23.2 Å². The van der Waals surface area contributed by atoms with Gasteiger partial charge < -0.3 is 14.8 Å². The first kappa shape index (κ1) is 21.2. The summed E-state index contributed by atoms with van der Waals surface area (Å²) < 4.78 is 10.7. The van der Waals surface area contributed by atoms with E-state index in [-0.39, 0.29) is 17.6 Å². The molecule has 0 bridgehead atoms. The van der Waals surface area contributed by atoms with Gasteiger partial charge in [-0.2, -0.15) is 0 Å². The molecule has 4 rings (SSSR count). The number of allylic oxidation sites excluding steroid dienone is 1. The second kappa shape index (κ2) is 7.89. The maximum atomic E-state index is 13.4. The van der Waals surface area contributed by atoms with E-state index in [4.69, 9.17) is 21.1 Å². The zero-order valence-corrected chi connectivity index (χ0v) is 19.1. The lowest BCUT2D eigenvalue weighted by molar-refractivity contribution is 0.190. The lowest BCUT2D eigenvalue weighted by atomic mass is 9.92.